The molecule has 1 aromatic heterocycles. The molecule has 114 valence electrons. The number of hydrogen-bond acceptors (Lipinski definition) is 3. The van der Waals surface area contributed by atoms with Crippen molar-refractivity contribution in [1.29, 1.82) is 0 Å². The first-order chi connectivity index (χ1) is 10.2. The molecule has 0 aliphatic carbocycles. The third kappa shape index (κ3) is 3.35. The highest BCUT2D eigenvalue weighted by molar-refractivity contribution is 5.94. The maximum Gasteiger partial charge on any atom is 0.136 e. The van der Waals surface area contributed by atoms with Crippen LogP contribution in [0.4, 0.5) is 5.82 Å². The molecule has 1 aromatic carbocycles. The van der Waals surface area contributed by atoms with Gasteiger partial charge in [-0.1, -0.05) is 45.0 Å². The average Bonchev–Trinajstić information content (AvgIpc) is 2.53. The fourth-order valence-corrected chi connectivity index (χ4v) is 2.93. The smallest absolute Gasteiger partial charge is 0.136 e. The van der Waals surface area contributed by atoms with E-state index < -0.39 is 0 Å². The summed E-state index contributed by atoms with van der Waals surface area (Å²) >= 11 is 0. The van der Waals surface area contributed by atoms with Gasteiger partial charge in [-0.3, -0.25) is 0 Å². The highest BCUT2D eigenvalue weighted by Crippen LogP contribution is 2.28. The number of hydrogen-bond donors (Lipinski definition) is 1. The van der Waals surface area contributed by atoms with Crippen LogP contribution in [-0.2, 0) is 6.54 Å². The van der Waals surface area contributed by atoms with Crippen LogP contribution >= 0.6 is 0 Å². The van der Waals surface area contributed by atoms with Crippen molar-refractivity contribution in [3.63, 3.8) is 0 Å². The van der Waals surface area contributed by atoms with Crippen LogP contribution in [0.3, 0.4) is 0 Å². The van der Waals surface area contributed by atoms with Crippen LogP contribution < -0.4 is 10.2 Å². The minimum Gasteiger partial charge on any atom is -0.356 e. The van der Waals surface area contributed by atoms with E-state index in [0.717, 1.165) is 31.7 Å². The van der Waals surface area contributed by atoms with Crippen molar-refractivity contribution in [3.05, 3.63) is 36.0 Å². The van der Waals surface area contributed by atoms with Gasteiger partial charge in [0.2, 0.25) is 0 Å². The summed E-state index contributed by atoms with van der Waals surface area (Å²) in [5, 5.41) is 5.96. The summed E-state index contributed by atoms with van der Waals surface area (Å²) < 4.78 is 0. The Morgan fingerprint density at radius 3 is 2.38 bits per heavy atom. The number of benzene rings is 1. The Morgan fingerprint density at radius 2 is 1.76 bits per heavy atom. The zero-order valence-electron chi connectivity index (χ0n) is 13.7. The van der Waals surface area contributed by atoms with Crippen molar-refractivity contribution in [2.24, 2.45) is 0 Å². The van der Waals surface area contributed by atoms with E-state index in [1.807, 2.05) is 6.20 Å². The number of aromatic nitrogens is 1. The van der Waals surface area contributed by atoms with E-state index in [1.165, 1.54) is 16.3 Å². The molecule has 0 radical (unpaired) electrons. The largest absolute Gasteiger partial charge is 0.356 e. The average molecular weight is 285 g/mol. The lowest BCUT2D eigenvalue weighted by Gasteiger charge is -2.28. The Balaban J connectivity index is 2.46. The molecule has 1 heterocycles. The van der Waals surface area contributed by atoms with Gasteiger partial charge < -0.3 is 10.2 Å². The van der Waals surface area contributed by atoms with Gasteiger partial charge in [0.15, 0.2) is 0 Å². The highest BCUT2D eigenvalue weighted by Gasteiger charge is 2.16. The number of anilines is 1. The molecule has 0 saturated carbocycles. The van der Waals surface area contributed by atoms with Crippen molar-refractivity contribution in [2.45, 2.75) is 46.2 Å². The Kier molecular flexibility index (Phi) is 5.57. The third-order valence-electron chi connectivity index (χ3n) is 4.25. The lowest BCUT2D eigenvalue weighted by molar-refractivity contribution is 0.588. The van der Waals surface area contributed by atoms with E-state index in [9.17, 15) is 0 Å². The second-order valence-corrected chi connectivity index (χ2v) is 5.51. The normalized spacial score (nSPS) is 11.3. The van der Waals surface area contributed by atoms with Crippen LogP contribution in [0.25, 0.3) is 10.8 Å². The van der Waals surface area contributed by atoms with Crippen LogP contribution in [0.2, 0.25) is 0 Å². The maximum absolute atomic E-state index is 4.76. The van der Waals surface area contributed by atoms with Crippen molar-refractivity contribution in [2.75, 3.05) is 18.5 Å². The number of pyridine rings is 1. The Bertz CT molecular complexity index is 576. The Morgan fingerprint density at radius 1 is 1.10 bits per heavy atom. The summed E-state index contributed by atoms with van der Waals surface area (Å²) in [4.78, 5) is 7.10. The number of nitrogens with zero attached hydrogens (tertiary/aromatic N) is 2. The topological polar surface area (TPSA) is 28.2 Å². The van der Waals surface area contributed by atoms with Crippen molar-refractivity contribution in [3.8, 4) is 0 Å². The van der Waals surface area contributed by atoms with E-state index in [-0.39, 0.29) is 0 Å². The van der Waals surface area contributed by atoms with Gasteiger partial charge in [0.1, 0.15) is 5.82 Å². The van der Waals surface area contributed by atoms with E-state index in [2.05, 4.69) is 62.3 Å². The second-order valence-electron chi connectivity index (χ2n) is 5.51. The van der Waals surface area contributed by atoms with Gasteiger partial charge in [-0.15, -0.1) is 0 Å². The maximum atomic E-state index is 4.76. The quantitative estimate of drug-likeness (QED) is 0.834. The van der Waals surface area contributed by atoms with Gasteiger partial charge in [-0.25, -0.2) is 4.98 Å². The fraction of sp³-hybridized carbons (Fsp3) is 0.500. The van der Waals surface area contributed by atoms with Gasteiger partial charge in [0.05, 0.1) is 0 Å². The van der Waals surface area contributed by atoms with E-state index in [1.54, 1.807) is 0 Å². The van der Waals surface area contributed by atoms with Crippen LogP contribution in [-0.4, -0.2) is 24.6 Å². The first-order valence-electron chi connectivity index (χ1n) is 8.03. The molecule has 0 aliphatic rings. The molecule has 0 aliphatic heterocycles. The van der Waals surface area contributed by atoms with Crippen molar-refractivity contribution in [1.82, 2.24) is 10.3 Å². The van der Waals surface area contributed by atoms with Crippen molar-refractivity contribution >= 4 is 16.6 Å². The van der Waals surface area contributed by atoms with Crippen LogP contribution in [0, 0.1) is 0 Å². The molecular weight excluding hydrogens is 258 g/mol. The lowest BCUT2D eigenvalue weighted by atomic mass is 10.1. The molecule has 0 fully saturated rings. The molecule has 0 bridgehead atoms. The molecule has 0 amide bonds. The fourth-order valence-electron chi connectivity index (χ4n) is 2.93. The van der Waals surface area contributed by atoms with E-state index >= 15 is 0 Å². The zero-order valence-corrected chi connectivity index (χ0v) is 13.7. The molecule has 0 atom stereocenters. The van der Waals surface area contributed by atoms with Gasteiger partial charge >= 0.3 is 0 Å². The number of fused-ring (bicyclic) bond motifs is 1. The molecule has 2 rings (SSSR count). The Labute approximate surface area is 128 Å². The lowest BCUT2D eigenvalue weighted by Crippen LogP contribution is -2.31. The first kappa shape index (κ1) is 15.8. The highest BCUT2D eigenvalue weighted by atomic mass is 15.2. The van der Waals surface area contributed by atoms with Crippen LogP contribution in [0.15, 0.2) is 30.5 Å². The minimum absolute atomic E-state index is 0.542. The monoisotopic (exact) mass is 285 g/mol. The summed E-state index contributed by atoms with van der Waals surface area (Å²) in [7, 11) is 2.16. The third-order valence-corrected chi connectivity index (χ3v) is 4.25. The summed E-state index contributed by atoms with van der Waals surface area (Å²) in [6.45, 7) is 8.46. The van der Waals surface area contributed by atoms with Gasteiger partial charge in [-0.05, 0) is 30.3 Å². The van der Waals surface area contributed by atoms with Gasteiger partial charge in [0.25, 0.3) is 0 Å². The van der Waals surface area contributed by atoms with E-state index in [0.29, 0.717) is 6.04 Å². The number of nitrogens with one attached hydrogen (secondary N) is 1. The molecule has 2 aromatic rings. The second kappa shape index (κ2) is 7.41. The molecule has 21 heavy (non-hydrogen) atoms. The summed E-state index contributed by atoms with van der Waals surface area (Å²) in [6, 6.07) is 9.14. The molecular formula is C18H27N3. The van der Waals surface area contributed by atoms with Crippen LogP contribution in [0.5, 0.6) is 0 Å². The minimum atomic E-state index is 0.542. The predicted molar refractivity (Wildman–Crippen MR) is 91.9 cm³/mol. The molecule has 3 heteroatoms. The van der Waals surface area contributed by atoms with Crippen LogP contribution in [0.1, 0.15) is 39.2 Å². The first-order valence-corrected chi connectivity index (χ1v) is 8.03. The molecule has 3 nitrogen and oxygen atoms in total. The standard InChI is InChI=1S/C18H27N3/c1-5-15(6-2)21(4)18-17-11-9-8-10-16(17)14(13-20-18)12-19-7-3/h8-11,13,15,19H,5-7,12H2,1-4H3. The summed E-state index contributed by atoms with van der Waals surface area (Å²) in [5.41, 5.74) is 1.27. The molecule has 1 N–H and O–H groups in total. The number of rotatable bonds is 7. The summed E-state index contributed by atoms with van der Waals surface area (Å²) in [6.07, 6.45) is 4.31. The predicted octanol–water partition coefficient (Wildman–Crippen LogP) is 3.97. The SMILES string of the molecule is CCNCc1cnc(N(C)C(CC)CC)c2ccccc12. The van der Waals surface area contributed by atoms with Gasteiger partial charge in [-0.2, -0.15) is 0 Å². The molecule has 0 saturated heterocycles. The van der Waals surface area contributed by atoms with Crippen molar-refractivity contribution < 1.29 is 0 Å². The van der Waals surface area contributed by atoms with E-state index in [4.69, 9.17) is 4.98 Å². The molecule has 0 spiro atoms. The Hall–Kier alpha value is -1.61. The van der Waals surface area contributed by atoms with Gasteiger partial charge in [0, 0.05) is 31.2 Å². The summed E-state index contributed by atoms with van der Waals surface area (Å²) in [5.74, 6) is 1.10. The zero-order chi connectivity index (χ0) is 15.2. The molecule has 0 unspecified atom stereocenters.